The summed E-state index contributed by atoms with van der Waals surface area (Å²) >= 11 is 1.61. The van der Waals surface area contributed by atoms with Gasteiger partial charge in [0.05, 0.1) is 0 Å². The van der Waals surface area contributed by atoms with Crippen molar-refractivity contribution < 1.29 is 4.79 Å². The van der Waals surface area contributed by atoms with Gasteiger partial charge in [0.15, 0.2) is 0 Å². The zero-order chi connectivity index (χ0) is 19.2. The third kappa shape index (κ3) is 5.21. The number of benzene rings is 1. The van der Waals surface area contributed by atoms with Gasteiger partial charge in [-0.3, -0.25) is 4.79 Å². The minimum absolute atomic E-state index is 0.140. The summed E-state index contributed by atoms with van der Waals surface area (Å²) in [6.45, 7) is 8.16. The molecule has 5 heteroatoms. The van der Waals surface area contributed by atoms with Crippen LogP contribution in [-0.4, -0.2) is 48.9 Å². The summed E-state index contributed by atoms with van der Waals surface area (Å²) in [6, 6.07) is 11.8. The minimum Gasteiger partial charge on any atom is -0.398 e. The smallest absolute Gasteiger partial charge is 0.253 e. The van der Waals surface area contributed by atoms with Crippen LogP contribution in [0.2, 0.25) is 0 Å². The molecule has 0 radical (unpaired) electrons. The molecule has 144 valence electrons. The van der Waals surface area contributed by atoms with Gasteiger partial charge in [0.1, 0.15) is 0 Å². The molecular formula is C22H29N3OS. The average Bonchev–Trinajstić information content (AvgIpc) is 3.43. The topological polar surface area (TPSA) is 49.6 Å². The molecule has 1 aromatic heterocycles. The molecule has 4 nitrogen and oxygen atoms in total. The third-order valence-corrected chi connectivity index (χ3v) is 6.27. The lowest BCUT2D eigenvalue weighted by Gasteiger charge is -2.15. The number of hydrogen-bond donors (Lipinski definition) is 1. The summed E-state index contributed by atoms with van der Waals surface area (Å²) in [6.07, 6.45) is 5.06. The molecule has 0 bridgehead atoms. The molecule has 3 heterocycles. The number of nitrogens with zero attached hydrogens (tertiary/aromatic N) is 2. The van der Waals surface area contributed by atoms with Gasteiger partial charge in [-0.25, -0.2) is 0 Å². The first kappa shape index (κ1) is 19.6. The predicted molar refractivity (Wildman–Crippen MR) is 115 cm³/mol. The number of carbonyl (C=O) groups excluding carboxylic acids is 1. The molecule has 2 fully saturated rings. The zero-order valence-corrected chi connectivity index (χ0v) is 16.9. The Morgan fingerprint density at radius 1 is 0.963 bits per heavy atom. The molecular weight excluding hydrogens is 354 g/mol. The minimum atomic E-state index is 0.140. The van der Waals surface area contributed by atoms with E-state index in [-0.39, 0.29) is 5.91 Å². The first-order chi connectivity index (χ1) is 13.0. The maximum absolute atomic E-state index is 12.3. The second-order valence-electron chi connectivity index (χ2n) is 7.28. The molecule has 0 unspecified atom stereocenters. The van der Waals surface area contributed by atoms with E-state index in [2.05, 4.69) is 18.5 Å². The number of nitrogens with two attached hydrogens (primary N) is 1. The van der Waals surface area contributed by atoms with Gasteiger partial charge in [0.2, 0.25) is 0 Å². The van der Waals surface area contributed by atoms with Gasteiger partial charge in [-0.15, -0.1) is 11.3 Å². The van der Waals surface area contributed by atoms with Crippen LogP contribution in [0.1, 0.15) is 40.9 Å². The Morgan fingerprint density at radius 3 is 2.04 bits per heavy atom. The number of hydrogen-bond acceptors (Lipinski definition) is 4. The molecule has 2 aromatic rings. The standard InChI is InChI=1S/C17H18N2OS.C5H11N/c1-12(18)15-8-9-16(21-15)13-4-6-14(7-5-13)17(20)19-10-2-3-11-19;1-6-4-2-3-5-6/h4-9H,1-3,10-11,18H2;2-5H2,1H3. The van der Waals surface area contributed by atoms with Gasteiger partial charge in [0.25, 0.3) is 5.91 Å². The van der Waals surface area contributed by atoms with E-state index in [1.807, 2.05) is 41.3 Å². The van der Waals surface area contributed by atoms with Crippen molar-refractivity contribution in [1.29, 1.82) is 0 Å². The van der Waals surface area contributed by atoms with E-state index in [9.17, 15) is 4.79 Å². The Hall–Kier alpha value is -2.11. The highest BCUT2D eigenvalue weighted by molar-refractivity contribution is 7.16. The first-order valence-corrected chi connectivity index (χ1v) is 10.5. The maximum Gasteiger partial charge on any atom is 0.253 e. The number of likely N-dealkylation sites (tertiary alicyclic amines) is 2. The predicted octanol–water partition coefficient (Wildman–Crippen LogP) is 4.29. The first-order valence-electron chi connectivity index (χ1n) is 9.67. The summed E-state index contributed by atoms with van der Waals surface area (Å²) < 4.78 is 0. The molecule has 1 amide bonds. The Kier molecular flexibility index (Phi) is 6.69. The fourth-order valence-electron chi connectivity index (χ4n) is 3.42. The van der Waals surface area contributed by atoms with Gasteiger partial charge in [0, 0.05) is 34.1 Å². The number of amides is 1. The van der Waals surface area contributed by atoms with Crippen LogP contribution < -0.4 is 5.73 Å². The lowest BCUT2D eigenvalue weighted by molar-refractivity contribution is 0.0793. The van der Waals surface area contributed by atoms with Crippen molar-refractivity contribution in [3.8, 4) is 10.4 Å². The van der Waals surface area contributed by atoms with Crippen LogP contribution in [0.4, 0.5) is 0 Å². The Balaban J connectivity index is 0.000000299. The van der Waals surface area contributed by atoms with E-state index >= 15 is 0 Å². The lowest BCUT2D eigenvalue weighted by atomic mass is 10.1. The van der Waals surface area contributed by atoms with Crippen LogP contribution in [0, 0.1) is 0 Å². The molecule has 0 atom stereocenters. The van der Waals surface area contributed by atoms with Crippen LogP contribution in [-0.2, 0) is 0 Å². The summed E-state index contributed by atoms with van der Waals surface area (Å²) in [5.41, 5.74) is 8.16. The molecule has 2 N–H and O–H groups in total. The molecule has 2 aliphatic heterocycles. The van der Waals surface area contributed by atoms with Crippen LogP contribution in [0.25, 0.3) is 16.1 Å². The molecule has 2 saturated heterocycles. The quantitative estimate of drug-likeness (QED) is 0.860. The molecule has 0 spiro atoms. The van der Waals surface area contributed by atoms with Crippen molar-refractivity contribution in [3.05, 3.63) is 53.4 Å². The van der Waals surface area contributed by atoms with E-state index in [0.29, 0.717) is 5.70 Å². The molecule has 2 aliphatic rings. The van der Waals surface area contributed by atoms with Crippen molar-refractivity contribution in [3.63, 3.8) is 0 Å². The van der Waals surface area contributed by atoms with E-state index in [1.54, 1.807) is 11.3 Å². The fourth-order valence-corrected chi connectivity index (χ4v) is 4.31. The van der Waals surface area contributed by atoms with Crippen LogP contribution in [0.3, 0.4) is 0 Å². The SMILES string of the molecule is C=C(N)c1ccc(-c2ccc(C(=O)N3CCCC3)cc2)s1.CN1CCCC1. The summed E-state index contributed by atoms with van der Waals surface area (Å²) in [7, 11) is 2.17. The summed E-state index contributed by atoms with van der Waals surface area (Å²) in [5, 5.41) is 0. The van der Waals surface area contributed by atoms with Crippen molar-refractivity contribution in [1.82, 2.24) is 9.80 Å². The van der Waals surface area contributed by atoms with Crippen LogP contribution in [0.15, 0.2) is 43.0 Å². The van der Waals surface area contributed by atoms with E-state index in [1.165, 1.54) is 25.9 Å². The second-order valence-corrected chi connectivity index (χ2v) is 8.36. The average molecular weight is 384 g/mol. The van der Waals surface area contributed by atoms with Crippen LogP contribution in [0.5, 0.6) is 0 Å². The van der Waals surface area contributed by atoms with Gasteiger partial charge in [-0.2, -0.15) is 0 Å². The summed E-state index contributed by atoms with van der Waals surface area (Å²) in [5.74, 6) is 0.140. The van der Waals surface area contributed by atoms with Gasteiger partial charge in [-0.05, 0) is 75.6 Å². The second kappa shape index (κ2) is 9.20. The summed E-state index contributed by atoms with van der Waals surface area (Å²) in [4.78, 5) is 18.7. The highest BCUT2D eigenvalue weighted by atomic mass is 32.1. The van der Waals surface area contributed by atoms with Gasteiger partial charge in [-0.1, -0.05) is 18.7 Å². The number of carbonyl (C=O) groups is 1. The van der Waals surface area contributed by atoms with Crippen molar-refractivity contribution in [2.75, 3.05) is 33.2 Å². The Bertz CT molecular complexity index is 769. The maximum atomic E-state index is 12.3. The van der Waals surface area contributed by atoms with E-state index in [4.69, 9.17) is 5.73 Å². The van der Waals surface area contributed by atoms with E-state index in [0.717, 1.165) is 46.8 Å². The van der Waals surface area contributed by atoms with E-state index < -0.39 is 0 Å². The number of thiophene rings is 1. The van der Waals surface area contributed by atoms with Crippen molar-refractivity contribution in [2.45, 2.75) is 25.7 Å². The largest absolute Gasteiger partial charge is 0.398 e. The number of rotatable bonds is 3. The third-order valence-electron chi connectivity index (χ3n) is 5.06. The fraction of sp³-hybridized carbons (Fsp3) is 0.409. The monoisotopic (exact) mass is 383 g/mol. The highest BCUT2D eigenvalue weighted by Gasteiger charge is 2.19. The van der Waals surface area contributed by atoms with Crippen molar-refractivity contribution >= 4 is 22.9 Å². The molecule has 0 saturated carbocycles. The molecule has 27 heavy (non-hydrogen) atoms. The molecule has 1 aromatic carbocycles. The highest BCUT2D eigenvalue weighted by Crippen LogP contribution is 2.30. The molecule has 4 rings (SSSR count). The van der Waals surface area contributed by atoms with Gasteiger partial charge >= 0.3 is 0 Å². The molecule has 0 aliphatic carbocycles. The lowest BCUT2D eigenvalue weighted by Crippen LogP contribution is -2.27. The van der Waals surface area contributed by atoms with Crippen LogP contribution >= 0.6 is 11.3 Å². The Labute approximate surface area is 166 Å². The normalized spacial score (nSPS) is 16.9. The van der Waals surface area contributed by atoms with Gasteiger partial charge < -0.3 is 15.5 Å². The Morgan fingerprint density at radius 2 is 1.56 bits per heavy atom. The zero-order valence-electron chi connectivity index (χ0n) is 16.1. The van der Waals surface area contributed by atoms with Crippen molar-refractivity contribution in [2.24, 2.45) is 5.73 Å².